The van der Waals surface area contributed by atoms with Crippen molar-refractivity contribution in [1.29, 1.82) is 0 Å². The predicted molar refractivity (Wildman–Crippen MR) is 112 cm³/mol. The summed E-state index contributed by atoms with van der Waals surface area (Å²) in [7, 11) is 1.58. The summed E-state index contributed by atoms with van der Waals surface area (Å²) in [6, 6.07) is 13.1. The molecule has 10 heteroatoms. The molecule has 0 spiro atoms. The Bertz CT molecular complexity index is 1050. The molecule has 0 bridgehead atoms. The number of hydrazone groups is 1. The standard InChI is InChI=1S/C19H17N5O4S/c1-13(25)23(16-6-8-18(28-2)9-7-16)19-21-15(12-29-19)11-20-22-14-4-3-5-17(10-14)24(26)27/h3-12,22H,1-2H3/b20-11-. The fourth-order valence-corrected chi connectivity index (χ4v) is 3.30. The van der Waals surface area contributed by atoms with Crippen molar-refractivity contribution in [2.45, 2.75) is 6.92 Å². The molecule has 0 saturated heterocycles. The molecule has 1 amide bonds. The van der Waals surface area contributed by atoms with Crippen LogP contribution < -0.4 is 15.1 Å². The molecular formula is C19H17N5O4S. The lowest BCUT2D eigenvalue weighted by Gasteiger charge is -2.18. The number of rotatable bonds is 7. The van der Waals surface area contributed by atoms with E-state index in [9.17, 15) is 14.9 Å². The predicted octanol–water partition coefficient (Wildman–Crippen LogP) is 4.19. The molecule has 3 rings (SSSR count). The fourth-order valence-electron chi connectivity index (χ4n) is 2.46. The molecule has 0 saturated carbocycles. The zero-order chi connectivity index (χ0) is 20.8. The summed E-state index contributed by atoms with van der Waals surface area (Å²) in [6.45, 7) is 1.46. The van der Waals surface area contributed by atoms with Gasteiger partial charge in [-0.3, -0.25) is 25.2 Å². The summed E-state index contributed by atoms with van der Waals surface area (Å²) in [4.78, 5) is 28.4. The number of nitro benzene ring substituents is 1. The van der Waals surface area contributed by atoms with Crippen LogP contribution in [0, 0.1) is 10.1 Å². The third kappa shape index (κ3) is 4.93. The second kappa shape index (κ2) is 8.93. The third-order valence-electron chi connectivity index (χ3n) is 3.79. The van der Waals surface area contributed by atoms with Gasteiger partial charge in [-0.05, 0) is 30.3 Å². The highest BCUT2D eigenvalue weighted by Gasteiger charge is 2.17. The summed E-state index contributed by atoms with van der Waals surface area (Å²) < 4.78 is 5.14. The number of hydrogen-bond acceptors (Lipinski definition) is 8. The van der Waals surface area contributed by atoms with E-state index in [4.69, 9.17) is 4.74 Å². The van der Waals surface area contributed by atoms with E-state index in [0.29, 0.717) is 27.9 Å². The summed E-state index contributed by atoms with van der Waals surface area (Å²) in [5.41, 5.74) is 4.40. The molecule has 1 aromatic heterocycles. The van der Waals surface area contributed by atoms with Crippen molar-refractivity contribution < 1.29 is 14.5 Å². The van der Waals surface area contributed by atoms with Gasteiger partial charge in [0.1, 0.15) is 5.75 Å². The lowest BCUT2D eigenvalue weighted by molar-refractivity contribution is -0.384. The van der Waals surface area contributed by atoms with Crippen LogP contribution in [0.2, 0.25) is 0 Å². The summed E-state index contributed by atoms with van der Waals surface area (Å²) in [5, 5.41) is 17.1. The van der Waals surface area contributed by atoms with Crippen LogP contribution in [-0.2, 0) is 4.79 Å². The number of nitrogens with one attached hydrogen (secondary N) is 1. The average Bonchev–Trinajstić information content (AvgIpc) is 3.17. The summed E-state index contributed by atoms with van der Waals surface area (Å²) in [6.07, 6.45) is 1.48. The molecule has 0 radical (unpaired) electrons. The topological polar surface area (TPSA) is 110 Å². The lowest BCUT2D eigenvalue weighted by Crippen LogP contribution is -2.22. The van der Waals surface area contributed by atoms with Crippen LogP contribution in [-0.4, -0.2) is 29.1 Å². The van der Waals surface area contributed by atoms with Gasteiger partial charge in [0.15, 0.2) is 5.13 Å². The molecule has 0 fully saturated rings. The van der Waals surface area contributed by atoms with Gasteiger partial charge in [0.05, 0.1) is 35.3 Å². The molecule has 0 unspecified atom stereocenters. The first-order valence-corrected chi connectivity index (χ1v) is 9.29. The lowest BCUT2D eigenvalue weighted by atomic mass is 10.3. The fraction of sp³-hybridized carbons (Fsp3) is 0.105. The molecule has 0 aliphatic rings. The molecule has 29 heavy (non-hydrogen) atoms. The van der Waals surface area contributed by atoms with Crippen LogP contribution in [0.1, 0.15) is 12.6 Å². The number of carbonyl (C=O) groups excluding carboxylic acids is 1. The van der Waals surface area contributed by atoms with Crippen molar-refractivity contribution in [3.63, 3.8) is 0 Å². The van der Waals surface area contributed by atoms with Crippen LogP contribution >= 0.6 is 11.3 Å². The second-order valence-electron chi connectivity index (χ2n) is 5.78. The Morgan fingerprint density at radius 2 is 2.07 bits per heavy atom. The van der Waals surface area contributed by atoms with Crippen molar-refractivity contribution in [1.82, 2.24) is 4.98 Å². The molecule has 0 aliphatic heterocycles. The number of nitro groups is 1. The Labute approximate surface area is 170 Å². The quantitative estimate of drug-likeness (QED) is 0.355. The molecule has 3 aromatic rings. The minimum atomic E-state index is -0.475. The van der Waals surface area contributed by atoms with Crippen molar-refractivity contribution in [2.75, 3.05) is 17.4 Å². The van der Waals surface area contributed by atoms with Gasteiger partial charge in [-0.2, -0.15) is 5.10 Å². The van der Waals surface area contributed by atoms with E-state index < -0.39 is 4.92 Å². The zero-order valence-corrected chi connectivity index (χ0v) is 16.4. The first-order chi connectivity index (χ1) is 14.0. The van der Waals surface area contributed by atoms with E-state index in [-0.39, 0.29) is 11.6 Å². The maximum Gasteiger partial charge on any atom is 0.271 e. The van der Waals surface area contributed by atoms with Crippen LogP contribution in [0.25, 0.3) is 0 Å². The molecule has 148 valence electrons. The van der Waals surface area contributed by atoms with E-state index in [2.05, 4.69) is 15.5 Å². The number of amides is 1. The Morgan fingerprint density at radius 1 is 1.31 bits per heavy atom. The SMILES string of the molecule is COc1ccc(N(C(C)=O)c2nc(/C=N\Nc3cccc([N+](=O)[O-])c3)cs2)cc1. The first kappa shape index (κ1) is 20.0. The van der Waals surface area contributed by atoms with E-state index in [0.717, 1.165) is 0 Å². The Balaban J connectivity index is 1.74. The summed E-state index contributed by atoms with van der Waals surface area (Å²) in [5.74, 6) is 0.513. The van der Waals surface area contributed by atoms with Gasteiger partial charge in [0.2, 0.25) is 5.91 Å². The minimum Gasteiger partial charge on any atom is -0.497 e. The maximum absolute atomic E-state index is 12.2. The van der Waals surface area contributed by atoms with Crippen molar-refractivity contribution in [3.05, 3.63) is 69.7 Å². The summed E-state index contributed by atoms with van der Waals surface area (Å²) >= 11 is 1.30. The maximum atomic E-state index is 12.2. The molecule has 2 aromatic carbocycles. The Hall–Kier alpha value is -3.79. The van der Waals surface area contributed by atoms with Gasteiger partial charge in [-0.15, -0.1) is 11.3 Å². The van der Waals surface area contributed by atoms with Gasteiger partial charge in [0.25, 0.3) is 5.69 Å². The van der Waals surface area contributed by atoms with Gasteiger partial charge < -0.3 is 4.74 Å². The third-order valence-corrected chi connectivity index (χ3v) is 4.64. The number of ether oxygens (including phenoxy) is 1. The highest BCUT2D eigenvalue weighted by Crippen LogP contribution is 2.29. The van der Waals surface area contributed by atoms with Crippen LogP contribution in [0.15, 0.2) is 59.0 Å². The normalized spacial score (nSPS) is 10.7. The average molecular weight is 411 g/mol. The van der Waals surface area contributed by atoms with Crippen molar-refractivity contribution >= 4 is 45.7 Å². The highest BCUT2D eigenvalue weighted by molar-refractivity contribution is 7.14. The van der Waals surface area contributed by atoms with Gasteiger partial charge in [-0.1, -0.05) is 6.07 Å². The van der Waals surface area contributed by atoms with Gasteiger partial charge >= 0.3 is 0 Å². The number of benzene rings is 2. The molecular weight excluding hydrogens is 394 g/mol. The number of anilines is 3. The smallest absolute Gasteiger partial charge is 0.271 e. The number of non-ortho nitro benzene ring substituents is 1. The van der Waals surface area contributed by atoms with E-state index >= 15 is 0 Å². The second-order valence-corrected chi connectivity index (χ2v) is 6.62. The van der Waals surface area contributed by atoms with E-state index in [1.165, 1.54) is 41.5 Å². The van der Waals surface area contributed by atoms with Crippen LogP contribution in [0.4, 0.5) is 22.2 Å². The van der Waals surface area contributed by atoms with Crippen LogP contribution in [0.3, 0.4) is 0 Å². The number of carbonyl (C=O) groups is 1. The number of nitrogens with zero attached hydrogens (tertiary/aromatic N) is 4. The monoisotopic (exact) mass is 411 g/mol. The van der Waals surface area contributed by atoms with Crippen molar-refractivity contribution in [2.24, 2.45) is 5.10 Å². The number of aromatic nitrogens is 1. The number of methoxy groups -OCH3 is 1. The molecule has 9 nitrogen and oxygen atoms in total. The first-order valence-electron chi connectivity index (χ1n) is 8.42. The molecule has 0 atom stereocenters. The van der Waals surface area contributed by atoms with Gasteiger partial charge in [-0.25, -0.2) is 4.98 Å². The largest absolute Gasteiger partial charge is 0.497 e. The highest BCUT2D eigenvalue weighted by atomic mass is 32.1. The minimum absolute atomic E-state index is 0.0299. The number of thiazole rings is 1. The van der Waals surface area contributed by atoms with E-state index in [1.54, 1.807) is 48.9 Å². The Kier molecular flexibility index (Phi) is 6.15. The molecule has 1 heterocycles. The van der Waals surface area contributed by atoms with Gasteiger partial charge in [0, 0.05) is 24.4 Å². The van der Waals surface area contributed by atoms with Crippen LogP contribution in [0.5, 0.6) is 5.75 Å². The molecule has 1 N–H and O–H groups in total. The van der Waals surface area contributed by atoms with E-state index in [1.807, 2.05) is 0 Å². The molecule has 0 aliphatic carbocycles. The number of hydrogen-bond donors (Lipinski definition) is 1. The Morgan fingerprint density at radius 3 is 2.72 bits per heavy atom. The van der Waals surface area contributed by atoms with Crippen molar-refractivity contribution in [3.8, 4) is 5.75 Å². The zero-order valence-electron chi connectivity index (χ0n) is 15.6.